The number of carbonyl (C=O) groups excluding carboxylic acids is 1. The number of ether oxygens (including phenoxy) is 1. The van der Waals surface area contributed by atoms with Gasteiger partial charge >= 0.3 is 5.97 Å². The minimum atomic E-state index is -0.348. The molecule has 18 heavy (non-hydrogen) atoms. The fourth-order valence-electron chi connectivity index (χ4n) is 1.36. The first-order chi connectivity index (χ1) is 8.58. The van der Waals surface area contributed by atoms with Gasteiger partial charge in [-0.25, -0.2) is 9.97 Å². The number of nitrogens with zero attached hydrogens (tertiary/aromatic N) is 5. The zero-order valence-electron chi connectivity index (χ0n) is 10.4. The fraction of sp³-hybridized carbons (Fsp3) is 0.500. The normalized spacial score (nSPS) is 9.72. The van der Waals surface area contributed by atoms with Crippen LogP contribution in [0.15, 0.2) is 10.3 Å². The Morgan fingerprint density at radius 3 is 2.83 bits per heavy atom. The summed E-state index contributed by atoms with van der Waals surface area (Å²) >= 11 is 1.37. The molecule has 7 nitrogen and oxygen atoms in total. The number of carbonyl (C=O) groups is 1. The quantitative estimate of drug-likeness (QED) is 0.204. The Morgan fingerprint density at radius 1 is 1.56 bits per heavy atom. The molecular formula is C10H13N5O2S. The van der Waals surface area contributed by atoms with E-state index in [9.17, 15) is 4.79 Å². The average Bonchev–Trinajstić information content (AvgIpc) is 2.32. The van der Waals surface area contributed by atoms with Crippen molar-refractivity contribution in [3.63, 3.8) is 0 Å². The van der Waals surface area contributed by atoms with E-state index in [1.54, 1.807) is 6.92 Å². The molecule has 8 heteroatoms. The fourth-order valence-corrected chi connectivity index (χ4v) is 1.77. The van der Waals surface area contributed by atoms with Crippen LogP contribution < -0.4 is 0 Å². The molecule has 1 aromatic heterocycles. The third-order valence-electron chi connectivity index (χ3n) is 2.15. The van der Waals surface area contributed by atoms with Crippen molar-refractivity contribution in [2.24, 2.45) is 5.11 Å². The van der Waals surface area contributed by atoms with Crippen LogP contribution in [0, 0.1) is 6.92 Å². The van der Waals surface area contributed by atoms with Crippen molar-refractivity contribution in [3.8, 4) is 0 Å². The minimum Gasteiger partial charge on any atom is -0.466 e. The molecule has 0 atom stereocenters. The van der Waals surface area contributed by atoms with Crippen LogP contribution in [-0.2, 0) is 16.0 Å². The average molecular weight is 267 g/mol. The van der Waals surface area contributed by atoms with Crippen LogP contribution in [0.4, 0.5) is 5.82 Å². The van der Waals surface area contributed by atoms with Crippen molar-refractivity contribution in [1.29, 1.82) is 0 Å². The molecule has 1 heterocycles. The van der Waals surface area contributed by atoms with Gasteiger partial charge in [-0.15, -0.1) is 0 Å². The summed E-state index contributed by atoms with van der Waals surface area (Å²) in [6.07, 6.45) is 2.27. The maximum Gasteiger partial charge on any atom is 0.302 e. The highest BCUT2D eigenvalue weighted by molar-refractivity contribution is 7.98. The molecule has 0 radical (unpaired) electrons. The van der Waals surface area contributed by atoms with Crippen LogP contribution in [-0.4, -0.2) is 28.8 Å². The summed E-state index contributed by atoms with van der Waals surface area (Å²) in [6, 6.07) is 0. The van der Waals surface area contributed by atoms with E-state index in [1.807, 2.05) is 6.26 Å². The van der Waals surface area contributed by atoms with Gasteiger partial charge in [0.15, 0.2) is 5.16 Å². The lowest BCUT2D eigenvalue weighted by Crippen LogP contribution is -2.06. The number of azide groups is 1. The van der Waals surface area contributed by atoms with Crippen molar-refractivity contribution in [1.82, 2.24) is 9.97 Å². The maximum absolute atomic E-state index is 10.7. The highest BCUT2D eigenvalue weighted by Gasteiger charge is 2.10. The predicted molar refractivity (Wildman–Crippen MR) is 67.7 cm³/mol. The third-order valence-corrected chi connectivity index (χ3v) is 2.70. The Labute approximate surface area is 109 Å². The zero-order chi connectivity index (χ0) is 13.5. The monoisotopic (exact) mass is 267 g/mol. The van der Waals surface area contributed by atoms with Gasteiger partial charge in [0.25, 0.3) is 0 Å². The molecule has 0 amide bonds. The van der Waals surface area contributed by atoms with Crippen LogP contribution in [0.5, 0.6) is 0 Å². The van der Waals surface area contributed by atoms with Crippen molar-refractivity contribution < 1.29 is 9.53 Å². The first kappa shape index (κ1) is 14.3. The van der Waals surface area contributed by atoms with Crippen molar-refractivity contribution in [2.45, 2.75) is 25.4 Å². The molecule has 0 N–H and O–H groups in total. The molecule has 1 rings (SSSR count). The third kappa shape index (κ3) is 3.90. The SMILES string of the molecule is CSc1nc(C)c(CCOC(C)=O)c(N=[N+]=[N-])n1. The highest BCUT2D eigenvalue weighted by atomic mass is 32.2. The van der Waals surface area contributed by atoms with Gasteiger partial charge in [-0.05, 0) is 23.8 Å². The lowest BCUT2D eigenvalue weighted by atomic mass is 10.1. The Balaban J connectivity index is 3.00. The van der Waals surface area contributed by atoms with Crippen molar-refractivity contribution in [2.75, 3.05) is 12.9 Å². The maximum atomic E-state index is 10.7. The van der Waals surface area contributed by atoms with Crippen LogP contribution in [0.2, 0.25) is 0 Å². The molecule has 0 unspecified atom stereocenters. The van der Waals surface area contributed by atoms with Crippen molar-refractivity contribution in [3.05, 3.63) is 21.7 Å². The zero-order valence-corrected chi connectivity index (χ0v) is 11.2. The predicted octanol–water partition coefficient (Wildman–Crippen LogP) is 2.55. The molecular weight excluding hydrogens is 254 g/mol. The number of esters is 1. The molecule has 1 aromatic rings. The number of hydrogen-bond donors (Lipinski definition) is 0. The first-order valence-electron chi connectivity index (χ1n) is 5.18. The summed E-state index contributed by atoms with van der Waals surface area (Å²) in [5.74, 6) is -0.0545. The first-order valence-corrected chi connectivity index (χ1v) is 6.41. The summed E-state index contributed by atoms with van der Waals surface area (Å²) in [6.45, 7) is 3.36. The number of aryl methyl sites for hydroxylation is 1. The lowest BCUT2D eigenvalue weighted by Gasteiger charge is -2.09. The van der Waals surface area contributed by atoms with E-state index in [2.05, 4.69) is 20.0 Å². The van der Waals surface area contributed by atoms with E-state index in [1.165, 1.54) is 18.7 Å². The smallest absolute Gasteiger partial charge is 0.302 e. The number of thioether (sulfide) groups is 1. The van der Waals surface area contributed by atoms with Gasteiger partial charge in [-0.3, -0.25) is 4.79 Å². The number of hydrogen-bond acceptors (Lipinski definition) is 6. The van der Waals surface area contributed by atoms with E-state index >= 15 is 0 Å². The molecule has 0 bridgehead atoms. The van der Waals surface area contributed by atoms with E-state index in [4.69, 9.17) is 10.3 Å². The lowest BCUT2D eigenvalue weighted by molar-refractivity contribution is -0.140. The van der Waals surface area contributed by atoms with Gasteiger partial charge in [0.1, 0.15) is 5.82 Å². The molecule has 96 valence electrons. The number of rotatable bonds is 5. The molecule has 0 aromatic carbocycles. The summed E-state index contributed by atoms with van der Waals surface area (Å²) in [7, 11) is 0. The van der Waals surface area contributed by atoms with Gasteiger partial charge < -0.3 is 4.74 Å². The van der Waals surface area contributed by atoms with Gasteiger partial charge in [0, 0.05) is 29.5 Å². The van der Waals surface area contributed by atoms with Crippen LogP contribution in [0.3, 0.4) is 0 Å². The minimum absolute atomic E-state index is 0.214. The second-order valence-electron chi connectivity index (χ2n) is 3.38. The highest BCUT2D eigenvalue weighted by Crippen LogP contribution is 2.23. The van der Waals surface area contributed by atoms with E-state index in [0.717, 1.165) is 5.69 Å². The Morgan fingerprint density at radius 2 is 2.28 bits per heavy atom. The topological polar surface area (TPSA) is 101 Å². The van der Waals surface area contributed by atoms with Gasteiger partial charge in [0.05, 0.1) is 6.61 Å². The van der Waals surface area contributed by atoms with Crippen LogP contribution in [0.1, 0.15) is 18.2 Å². The number of aromatic nitrogens is 2. The summed E-state index contributed by atoms with van der Waals surface area (Å²) in [5.41, 5.74) is 9.94. The second-order valence-corrected chi connectivity index (χ2v) is 4.15. The summed E-state index contributed by atoms with van der Waals surface area (Å²) < 4.78 is 4.86. The van der Waals surface area contributed by atoms with Gasteiger partial charge in [0.2, 0.25) is 0 Å². The largest absolute Gasteiger partial charge is 0.466 e. The molecule has 0 fully saturated rings. The van der Waals surface area contributed by atoms with Gasteiger partial charge in [-0.2, -0.15) is 0 Å². The van der Waals surface area contributed by atoms with E-state index in [-0.39, 0.29) is 12.6 Å². The molecule has 0 aliphatic rings. The summed E-state index contributed by atoms with van der Waals surface area (Å²) in [4.78, 5) is 21.8. The molecule has 0 aliphatic carbocycles. The molecule has 0 saturated heterocycles. The standard InChI is InChI=1S/C10H13N5O2S/c1-6-8(4-5-17-7(2)16)9(14-15-11)13-10(12-6)18-3/h4-5H2,1-3H3. The van der Waals surface area contributed by atoms with Crippen LogP contribution in [0.25, 0.3) is 10.4 Å². The van der Waals surface area contributed by atoms with E-state index < -0.39 is 0 Å². The Kier molecular flexibility index (Phi) is 5.41. The molecule has 0 aliphatic heterocycles. The molecule has 0 spiro atoms. The Bertz CT molecular complexity index is 499. The van der Waals surface area contributed by atoms with Crippen LogP contribution >= 0.6 is 11.8 Å². The van der Waals surface area contributed by atoms with Crippen molar-refractivity contribution >= 4 is 23.5 Å². The van der Waals surface area contributed by atoms with E-state index in [0.29, 0.717) is 23.0 Å². The Hall–Kier alpha value is -1.79. The molecule has 0 saturated carbocycles. The second kappa shape index (κ2) is 6.83. The summed E-state index contributed by atoms with van der Waals surface area (Å²) in [5, 5.41) is 4.10. The van der Waals surface area contributed by atoms with Gasteiger partial charge in [-0.1, -0.05) is 11.8 Å².